The summed E-state index contributed by atoms with van der Waals surface area (Å²) in [5, 5.41) is 6.71. The molecular formula is C8H11ClF3N3. The van der Waals surface area contributed by atoms with Crippen molar-refractivity contribution >= 4 is 11.6 Å². The molecule has 0 amide bonds. The highest BCUT2D eigenvalue weighted by atomic mass is 35.5. The van der Waals surface area contributed by atoms with Crippen LogP contribution in [-0.2, 0) is 6.54 Å². The van der Waals surface area contributed by atoms with Gasteiger partial charge in [-0.1, -0.05) is 11.6 Å². The van der Waals surface area contributed by atoms with Crippen molar-refractivity contribution in [2.45, 2.75) is 19.6 Å². The Bertz CT molecular complexity index is 321. The van der Waals surface area contributed by atoms with Gasteiger partial charge in [-0.25, -0.2) is 0 Å². The Morgan fingerprint density at radius 1 is 1.53 bits per heavy atom. The SMILES string of the molecule is Cc1c(Cl)cnn1CCNCC(F)(F)F. The average Bonchev–Trinajstić information content (AvgIpc) is 2.42. The van der Waals surface area contributed by atoms with E-state index in [0.29, 0.717) is 11.6 Å². The first-order chi connectivity index (χ1) is 6.90. The number of nitrogens with zero attached hydrogens (tertiary/aromatic N) is 2. The van der Waals surface area contributed by atoms with Crippen LogP contribution in [0, 0.1) is 6.92 Å². The van der Waals surface area contributed by atoms with Crippen LogP contribution in [0.2, 0.25) is 5.02 Å². The molecule has 0 aliphatic rings. The molecule has 3 nitrogen and oxygen atoms in total. The van der Waals surface area contributed by atoms with Crippen molar-refractivity contribution in [1.29, 1.82) is 0 Å². The van der Waals surface area contributed by atoms with Gasteiger partial charge in [-0.15, -0.1) is 0 Å². The number of alkyl halides is 3. The van der Waals surface area contributed by atoms with Crippen molar-refractivity contribution in [3.63, 3.8) is 0 Å². The van der Waals surface area contributed by atoms with Crippen LogP contribution in [0.5, 0.6) is 0 Å². The fraction of sp³-hybridized carbons (Fsp3) is 0.625. The van der Waals surface area contributed by atoms with Crippen molar-refractivity contribution in [3.05, 3.63) is 16.9 Å². The molecule has 1 rings (SSSR count). The molecule has 0 bridgehead atoms. The minimum Gasteiger partial charge on any atom is -0.307 e. The van der Waals surface area contributed by atoms with Crippen LogP contribution in [0.1, 0.15) is 5.69 Å². The molecule has 1 N–H and O–H groups in total. The predicted octanol–water partition coefficient (Wildman–Crippen LogP) is 2.00. The van der Waals surface area contributed by atoms with Crippen molar-refractivity contribution in [1.82, 2.24) is 15.1 Å². The first-order valence-corrected chi connectivity index (χ1v) is 4.73. The molecule has 0 saturated heterocycles. The summed E-state index contributed by atoms with van der Waals surface area (Å²) in [5.41, 5.74) is 0.755. The molecule has 0 atom stereocenters. The first-order valence-electron chi connectivity index (χ1n) is 4.35. The van der Waals surface area contributed by atoms with Crippen molar-refractivity contribution < 1.29 is 13.2 Å². The first kappa shape index (κ1) is 12.3. The fourth-order valence-electron chi connectivity index (χ4n) is 1.06. The number of rotatable bonds is 4. The monoisotopic (exact) mass is 241 g/mol. The van der Waals surface area contributed by atoms with Crippen LogP contribution in [0.25, 0.3) is 0 Å². The van der Waals surface area contributed by atoms with Crippen molar-refractivity contribution in [2.24, 2.45) is 0 Å². The Kier molecular flexibility index (Phi) is 3.98. The highest BCUT2D eigenvalue weighted by Gasteiger charge is 2.25. The maximum atomic E-state index is 11.8. The van der Waals surface area contributed by atoms with Crippen LogP contribution in [0.4, 0.5) is 13.2 Å². The molecule has 0 spiro atoms. The summed E-state index contributed by atoms with van der Waals surface area (Å²) in [6, 6.07) is 0. The average molecular weight is 242 g/mol. The highest BCUT2D eigenvalue weighted by Crippen LogP contribution is 2.13. The van der Waals surface area contributed by atoms with Gasteiger partial charge in [0, 0.05) is 6.54 Å². The Morgan fingerprint density at radius 2 is 2.20 bits per heavy atom. The zero-order chi connectivity index (χ0) is 11.5. The summed E-state index contributed by atoms with van der Waals surface area (Å²) in [4.78, 5) is 0. The van der Waals surface area contributed by atoms with E-state index in [2.05, 4.69) is 10.4 Å². The quantitative estimate of drug-likeness (QED) is 0.817. The van der Waals surface area contributed by atoms with Gasteiger partial charge in [0.2, 0.25) is 0 Å². The van der Waals surface area contributed by atoms with Gasteiger partial charge in [0.1, 0.15) is 0 Å². The summed E-state index contributed by atoms with van der Waals surface area (Å²) < 4.78 is 36.8. The van der Waals surface area contributed by atoms with E-state index in [1.54, 1.807) is 11.6 Å². The van der Waals surface area contributed by atoms with Gasteiger partial charge in [0.15, 0.2) is 0 Å². The van der Waals surface area contributed by atoms with Gasteiger partial charge >= 0.3 is 6.18 Å². The second-order valence-corrected chi connectivity index (χ2v) is 3.50. The van der Waals surface area contributed by atoms with E-state index in [-0.39, 0.29) is 6.54 Å². The molecule has 0 aromatic carbocycles. The lowest BCUT2D eigenvalue weighted by atomic mass is 10.4. The highest BCUT2D eigenvalue weighted by molar-refractivity contribution is 6.31. The second-order valence-electron chi connectivity index (χ2n) is 3.09. The number of hydrogen-bond donors (Lipinski definition) is 1. The van der Waals surface area contributed by atoms with Crippen molar-refractivity contribution in [2.75, 3.05) is 13.1 Å². The Labute approximate surface area is 90.2 Å². The smallest absolute Gasteiger partial charge is 0.307 e. The molecule has 1 aromatic rings. The molecule has 0 aliphatic heterocycles. The van der Waals surface area contributed by atoms with Crippen LogP contribution < -0.4 is 5.32 Å². The molecule has 7 heteroatoms. The minimum atomic E-state index is -4.17. The standard InChI is InChI=1S/C8H11ClF3N3/c1-6-7(9)4-14-15(6)3-2-13-5-8(10,11)12/h4,13H,2-3,5H2,1H3. The predicted molar refractivity (Wildman–Crippen MR) is 50.9 cm³/mol. The Hall–Kier alpha value is -0.750. The van der Waals surface area contributed by atoms with Crippen LogP contribution in [-0.4, -0.2) is 29.0 Å². The lowest BCUT2D eigenvalue weighted by Crippen LogP contribution is -2.31. The summed E-state index contributed by atoms with van der Waals surface area (Å²) in [7, 11) is 0. The molecule has 15 heavy (non-hydrogen) atoms. The lowest BCUT2D eigenvalue weighted by Gasteiger charge is -2.08. The largest absolute Gasteiger partial charge is 0.401 e. The molecule has 0 radical (unpaired) electrons. The molecule has 0 fully saturated rings. The summed E-state index contributed by atoms with van der Waals surface area (Å²) in [5.74, 6) is 0. The maximum Gasteiger partial charge on any atom is 0.401 e. The normalized spacial score (nSPS) is 12.1. The molecule has 1 aromatic heterocycles. The van der Waals surface area contributed by atoms with Gasteiger partial charge < -0.3 is 5.32 Å². The van der Waals surface area contributed by atoms with E-state index in [4.69, 9.17) is 11.6 Å². The minimum absolute atomic E-state index is 0.207. The van der Waals surface area contributed by atoms with Gasteiger partial charge in [-0.05, 0) is 6.92 Å². The lowest BCUT2D eigenvalue weighted by molar-refractivity contribution is -0.124. The number of hydrogen-bond acceptors (Lipinski definition) is 2. The van der Waals surface area contributed by atoms with E-state index < -0.39 is 12.7 Å². The molecular weight excluding hydrogens is 231 g/mol. The van der Waals surface area contributed by atoms with Crippen LogP contribution in [0.15, 0.2) is 6.20 Å². The number of aromatic nitrogens is 2. The summed E-state index contributed by atoms with van der Waals surface area (Å²) >= 11 is 5.73. The molecule has 86 valence electrons. The second kappa shape index (κ2) is 4.85. The summed E-state index contributed by atoms with van der Waals surface area (Å²) in [6.07, 6.45) is -2.70. The molecule has 0 saturated carbocycles. The fourth-order valence-corrected chi connectivity index (χ4v) is 1.21. The van der Waals surface area contributed by atoms with E-state index in [0.717, 1.165) is 5.69 Å². The van der Waals surface area contributed by atoms with E-state index in [9.17, 15) is 13.2 Å². The third kappa shape index (κ3) is 4.09. The zero-order valence-electron chi connectivity index (χ0n) is 8.10. The van der Waals surface area contributed by atoms with E-state index in [1.807, 2.05) is 0 Å². The topological polar surface area (TPSA) is 29.9 Å². The zero-order valence-corrected chi connectivity index (χ0v) is 8.86. The van der Waals surface area contributed by atoms with Gasteiger partial charge in [0.25, 0.3) is 0 Å². The van der Waals surface area contributed by atoms with Crippen LogP contribution >= 0.6 is 11.6 Å². The van der Waals surface area contributed by atoms with E-state index in [1.165, 1.54) is 6.20 Å². The molecule has 0 unspecified atom stereocenters. The number of nitrogens with one attached hydrogen (secondary N) is 1. The van der Waals surface area contributed by atoms with Gasteiger partial charge in [0.05, 0.1) is 30.0 Å². The Morgan fingerprint density at radius 3 is 2.67 bits per heavy atom. The summed E-state index contributed by atoms with van der Waals surface area (Å²) in [6.45, 7) is 1.35. The van der Waals surface area contributed by atoms with Gasteiger partial charge in [-0.3, -0.25) is 4.68 Å². The van der Waals surface area contributed by atoms with Crippen LogP contribution in [0.3, 0.4) is 0 Å². The maximum absolute atomic E-state index is 11.8. The molecule has 0 aliphatic carbocycles. The number of halogens is 4. The third-order valence-electron chi connectivity index (χ3n) is 1.87. The third-order valence-corrected chi connectivity index (χ3v) is 2.24. The van der Waals surface area contributed by atoms with Crippen molar-refractivity contribution in [3.8, 4) is 0 Å². The van der Waals surface area contributed by atoms with Gasteiger partial charge in [-0.2, -0.15) is 18.3 Å². The Balaban J connectivity index is 2.30. The van der Waals surface area contributed by atoms with E-state index >= 15 is 0 Å². The molecule has 1 heterocycles.